The first-order valence-corrected chi connectivity index (χ1v) is 12.1. The van der Waals surface area contributed by atoms with Gasteiger partial charge in [-0.2, -0.15) is 19.6 Å². The highest BCUT2D eigenvalue weighted by Crippen LogP contribution is 2.23. The minimum Gasteiger partial charge on any atom is -0.381 e. The van der Waals surface area contributed by atoms with Gasteiger partial charge >= 0.3 is 0 Å². The fraction of sp³-hybridized carbons (Fsp3) is 0.400. The van der Waals surface area contributed by atoms with Crippen molar-refractivity contribution < 1.29 is 14.3 Å². The highest BCUT2D eigenvalue weighted by molar-refractivity contribution is 5.96. The maximum absolute atomic E-state index is 12.1. The number of hydrogen-bond donors (Lipinski definition) is 4. The van der Waals surface area contributed by atoms with Gasteiger partial charge in [-0.15, -0.1) is 0 Å². The van der Waals surface area contributed by atoms with E-state index in [0.717, 1.165) is 48.9 Å². The summed E-state index contributed by atoms with van der Waals surface area (Å²) in [5.74, 6) is 0.668. The number of carbonyl (C=O) groups is 2. The van der Waals surface area contributed by atoms with E-state index >= 15 is 0 Å². The SMILES string of the molecule is C=CC(=O)NCC(=O)Nc1cccc(CNc2nc(NC3CCOCC3)nc3c(C(C)C)cnn23)c1. The van der Waals surface area contributed by atoms with Gasteiger partial charge < -0.3 is 26.0 Å². The fourth-order valence-corrected chi connectivity index (χ4v) is 3.89. The quantitative estimate of drug-likeness (QED) is 0.317. The van der Waals surface area contributed by atoms with Crippen molar-refractivity contribution in [2.75, 3.05) is 35.7 Å². The molecule has 2 amide bonds. The number of benzene rings is 1. The van der Waals surface area contributed by atoms with Crippen molar-refractivity contribution >= 4 is 35.0 Å². The van der Waals surface area contributed by atoms with E-state index in [0.29, 0.717) is 24.1 Å². The molecule has 4 rings (SSSR count). The maximum atomic E-state index is 12.1. The molecule has 1 saturated heterocycles. The number of anilines is 3. The lowest BCUT2D eigenvalue weighted by atomic mass is 10.1. The topological polar surface area (TPSA) is 135 Å². The molecule has 36 heavy (non-hydrogen) atoms. The molecular weight excluding hydrogens is 460 g/mol. The van der Waals surface area contributed by atoms with Crippen LogP contribution < -0.4 is 21.3 Å². The molecule has 0 saturated carbocycles. The Morgan fingerprint density at radius 2 is 2.06 bits per heavy atom. The minimum absolute atomic E-state index is 0.132. The minimum atomic E-state index is -0.399. The van der Waals surface area contributed by atoms with Crippen LogP contribution in [0.1, 0.15) is 43.7 Å². The second-order valence-electron chi connectivity index (χ2n) is 8.92. The summed E-state index contributed by atoms with van der Waals surface area (Å²) in [5.41, 5.74) is 3.37. The van der Waals surface area contributed by atoms with E-state index in [1.54, 1.807) is 10.6 Å². The van der Waals surface area contributed by atoms with Crippen LogP contribution in [0.2, 0.25) is 0 Å². The Bertz CT molecular complexity index is 1230. The summed E-state index contributed by atoms with van der Waals surface area (Å²) in [4.78, 5) is 32.8. The van der Waals surface area contributed by atoms with Crippen molar-refractivity contribution in [1.82, 2.24) is 24.9 Å². The Morgan fingerprint density at radius 3 is 2.81 bits per heavy atom. The summed E-state index contributed by atoms with van der Waals surface area (Å²) >= 11 is 0. The molecule has 11 heteroatoms. The zero-order valence-electron chi connectivity index (χ0n) is 20.6. The molecule has 0 unspecified atom stereocenters. The van der Waals surface area contributed by atoms with Gasteiger partial charge in [-0.05, 0) is 42.5 Å². The lowest BCUT2D eigenvalue weighted by Crippen LogP contribution is -2.31. The van der Waals surface area contributed by atoms with Crippen LogP contribution in [0, 0.1) is 0 Å². The number of hydrogen-bond acceptors (Lipinski definition) is 8. The first kappa shape index (κ1) is 25.1. The Balaban J connectivity index is 1.49. The van der Waals surface area contributed by atoms with Crippen molar-refractivity contribution in [3.05, 3.63) is 54.2 Å². The fourth-order valence-electron chi connectivity index (χ4n) is 3.89. The molecule has 4 N–H and O–H groups in total. The molecule has 0 bridgehead atoms. The number of fused-ring (bicyclic) bond motifs is 1. The van der Waals surface area contributed by atoms with Crippen LogP contribution in [0.15, 0.2) is 43.1 Å². The molecular formula is C25H32N8O3. The number of aromatic nitrogens is 4. The van der Waals surface area contributed by atoms with Gasteiger partial charge in [0, 0.05) is 37.1 Å². The molecule has 190 valence electrons. The van der Waals surface area contributed by atoms with E-state index in [-0.39, 0.29) is 24.4 Å². The second kappa shape index (κ2) is 11.6. The van der Waals surface area contributed by atoms with E-state index in [1.165, 1.54) is 0 Å². The van der Waals surface area contributed by atoms with Gasteiger partial charge in [-0.3, -0.25) is 9.59 Å². The van der Waals surface area contributed by atoms with Crippen LogP contribution >= 0.6 is 0 Å². The van der Waals surface area contributed by atoms with Crippen LogP contribution in [-0.2, 0) is 20.9 Å². The molecule has 1 aliphatic rings. The van der Waals surface area contributed by atoms with Crippen molar-refractivity contribution in [3.8, 4) is 0 Å². The third-order valence-electron chi connectivity index (χ3n) is 5.84. The number of rotatable bonds is 10. The predicted octanol–water partition coefficient (Wildman–Crippen LogP) is 2.69. The summed E-state index contributed by atoms with van der Waals surface area (Å²) in [6.45, 7) is 9.36. The lowest BCUT2D eigenvalue weighted by Gasteiger charge is -2.23. The monoisotopic (exact) mass is 492 g/mol. The Labute approximate surface area is 209 Å². The van der Waals surface area contributed by atoms with Crippen LogP contribution in [0.3, 0.4) is 0 Å². The molecule has 1 aromatic carbocycles. The van der Waals surface area contributed by atoms with Gasteiger partial charge in [0.25, 0.3) is 0 Å². The first-order valence-electron chi connectivity index (χ1n) is 12.1. The third-order valence-corrected chi connectivity index (χ3v) is 5.84. The molecule has 2 aromatic heterocycles. The summed E-state index contributed by atoms with van der Waals surface area (Å²) in [5, 5.41) is 16.6. The van der Waals surface area contributed by atoms with Gasteiger partial charge in [-0.1, -0.05) is 32.6 Å². The lowest BCUT2D eigenvalue weighted by molar-refractivity contribution is -0.121. The average Bonchev–Trinajstić information content (AvgIpc) is 3.31. The predicted molar refractivity (Wildman–Crippen MR) is 138 cm³/mol. The number of nitrogens with one attached hydrogen (secondary N) is 4. The van der Waals surface area contributed by atoms with E-state index in [2.05, 4.69) is 46.8 Å². The van der Waals surface area contributed by atoms with Crippen LogP contribution in [0.4, 0.5) is 17.6 Å². The average molecular weight is 493 g/mol. The number of carbonyl (C=O) groups excluding carboxylic acids is 2. The Kier molecular flexibility index (Phi) is 8.11. The van der Waals surface area contributed by atoms with Gasteiger partial charge in [0.1, 0.15) is 0 Å². The largest absolute Gasteiger partial charge is 0.381 e. The molecule has 1 aliphatic heterocycles. The first-order chi connectivity index (χ1) is 17.4. The van der Waals surface area contributed by atoms with Crippen molar-refractivity contribution in [2.45, 2.75) is 45.2 Å². The highest BCUT2D eigenvalue weighted by Gasteiger charge is 2.19. The van der Waals surface area contributed by atoms with Crippen LogP contribution in [0.5, 0.6) is 0 Å². The smallest absolute Gasteiger partial charge is 0.243 e. The van der Waals surface area contributed by atoms with E-state index in [1.807, 2.05) is 24.4 Å². The van der Waals surface area contributed by atoms with Crippen LogP contribution in [-0.4, -0.2) is 57.2 Å². The molecule has 0 radical (unpaired) electrons. The Morgan fingerprint density at radius 1 is 1.25 bits per heavy atom. The molecule has 0 atom stereocenters. The zero-order valence-corrected chi connectivity index (χ0v) is 20.6. The summed E-state index contributed by atoms with van der Waals surface area (Å²) in [6, 6.07) is 7.72. The van der Waals surface area contributed by atoms with E-state index < -0.39 is 5.91 Å². The third kappa shape index (κ3) is 6.36. The van der Waals surface area contributed by atoms with E-state index in [9.17, 15) is 9.59 Å². The normalized spacial score (nSPS) is 14.0. The van der Waals surface area contributed by atoms with Gasteiger partial charge in [0.2, 0.25) is 23.7 Å². The second-order valence-corrected chi connectivity index (χ2v) is 8.92. The van der Waals surface area contributed by atoms with Crippen molar-refractivity contribution in [1.29, 1.82) is 0 Å². The van der Waals surface area contributed by atoms with Crippen molar-refractivity contribution in [2.24, 2.45) is 0 Å². The van der Waals surface area contributed by atoms with Gasteiger partial charge in [-0.25, -0.2) is 0 Å². The number of amides is 2. The molecule has 11 nitrogen and oxygen atoms in total. The molecule has 0 spiro atoms. The summed E-state index contributed by atoms with van der Waals surface area (Å²) < 4.78 is 7.18. The highest BCUT2D eigenvalue weighted by atomic mass is 16.5. The summed E-state index contributed by atoms with van der Waals surface area (Å²) in [7, 11) is 0. The Hall–Kier alpha value is -3.99. The number of ether oxygens (including phenoxy) is 1. The molecule has 3 aromatic rings. The molecule has 3 heterocycles. The standard InChI is InChI=1S/C25H32N8O3/c1-4-21(34)26-15-22(35)29-19-7-5-6-17(12-19)13-27-25-32-24(30-18-8-10-36-11-9-18)31-23-20(16(2)3)14-28-33(23)25/h4-7,12,14,16,18H,1,8-11,13,15H2,2-3H3,(H,26,34)(H,29,35)(H2,27,30,31,32). The van der Waals surface area contributed by atoms with Crippen molar-refractivity contribution in [3.63, 3.8) is 0 Å². The zero-order chi connectivity index (χ0) is 25.5. The van der Waals surface area contributed by atoms with E-state index in [4.69, 9.17) is 14.7 Å². The molecule has 0 aliphatic carbocycles. The molecule has 1 fully saturated rings. The maximum Gasteiger partial charge on any atom is 0.243 e. The van der Waals surface area contributed by atoms with Gasteiger partial charge in [0.15, 0.2) is 5.65 Å². The van der Waals surface area contributed by atoms with Crippen LogP contribution in [0.25, 0.3) is 5.65 Å². The van der Waals surface area contributed by atoms with Gasteiger partial charge in [0.05, 0.1) is 12.7 Å². The summed E-state index contributed by atoms with van der Waals surface area (Å²) in [6.07, 6.45) is 4.77. The number of nitrogens with zero attached hydrogens (tertiary/aromatic N) is 4.